The predicted octanol–water partition coefficient (Wildman–Crippen LogP) is 2.34. The average molecular weight is 415 g/mol. The normalized spacial score (nSPS) is 13.7. The highest BCUT2D eigenvalue weighted by Crippen LogP contribution is 2.23. The molecule has 0 spiro atoms. The highest BCUT2D eigenvalue weighted by molar-refractivity contribution is 7.80. The topological polar surface area (TPSA) is 122 Å². The molecule has 0 aliphatic carbocycles. The minimum absolute atomic E-state index is 0.178. The molecule has 2 aromatic rings. The maximum atomic E-state index is 12.5. The molecular weight excluding hydrogens is 398 g/mol. The minimum atomic E-state index is -0.787. The number of amides is 1. The molecule has 0 aromatic heterocycles. The van der Waals surface area contributed by atoms with E-state index < -0.39 is 27.1 Å². The maximum Gasteiger partial charge on any atom is 0.277 e. The maximum absolute atomic E-state index is 12.5. The molecule has 1 fully saturated rings. The Hall–Kier alpha value is -3.60. The zero-order chi connectivity index (χ0) is 21.0. The van der Waals surface area contributed by atoms with Gasteiger partial charge in [0.15, 0.2) is 5.11 Å². The molecule has 10 nitrogen and oxygen atoms in total. The number of carbonyl (C=O) groups is 1. The standard InChI is InChI=1S/C18H17N5O5S/c24-17(13-10-15(22(25)26)12-16(11-13)23(27)28)19-18(29)21-8-6-20(7-9-21)14-4-2-1-3-5-14/h1-5,10-12H,6-9H2,(H,19,24,29). The lowest BCUT2D eigenvalue weighted by Crippen LogP contribution is -2.52. The van der Waals surface area contributed by atoms with Crippen LogP contribution >= 0.6 is 12.2 Å². The van der Waals surface area contributed by atoms with Crippen LogP contribution in [-0.2, 0) is 0 Å². The van der Waals surface area contributed by atoms with Crippen molar-refractivity contribution < 1.29 is 14.6 Å². The summed E-state index contributed by atoms with van der Waals surface area (Å²) in [4.78, 5) is 36.9. The van der Waals surface area contributed by atoms with Gasteiger partial charge in [-0.25, -0.2) is 0 Å². The number of nitro groups is 2. The Bertz CT molecular complexity index is 928. The third kappa shape index (κ3) is 4.82. The molecule has 11 heteroatoms. The SMILES string of the molecule is O=C(NC(=S)N1CCN(c2ccccc2)CC1)c1cc([N+](=O)[O-])cc([N+](=O)[O-])c1. The summed E-state index contributed by atoms with van der Waals surface area (Å²) in [7, 11) is 0. The van der Waals surface area contributed by atoms with E-state index in [1.54, 1.807) is 0 Å². The number of hydrogen-bond donors (Lipinski definition) is 1. The Kier molecular flexibility index (Phi) is 5.98. The first-order chi connectivity index (χ1) is 13.8. The molecule has 1 N–H and O–H groups in total. The second kappa shape index (κ2) is 8.61. The lowest BCUT2D eigenvalue weighted by Gasteiger charge is -2.37. The molecule has 1 amide bonds. The van der Waals surface area contributed by atoms with Crippen LogP contribution in [0.1, 0.15) is 10.4 Å². The third-order valence-corrected chi connectivity index (χ3v) is 4.86. The molecule has 0 unspecified atom stereocenters. The number of hydrogen-bond acceptors (Lipinski definition) is 7. The Morgan fingerprint density at radius 2 is 1.48 bits per heavy atom. The van der Waals surface area contributed by atoms with Gasteiger partial charge in [0.1, 0.15) is 0 Å². The van der Waals surface area contributed by atoms with Crippen LogP contribution in [0.25, 0.3) is 0 Å². The summed E-state index contributed by atoms with van der Waals surface area (Å²) in [6, 6.07) is 12.7. The number of nitrogens with zero attached hydrogens (tertiary/aromatic N) is 4. The lowest BCUT2D eigenvalue weighted by molar-refractivity contribution is -0.394. The van der Waals surface area contributed by atoms with Crippen LogP contribution in [0, 0.1) is 20.2 Å². The van der Waals surface area contributed by atoms with Gasteiger partial charge in [-0.1, -0.05) is 18.2 Å². The zero-order valence-corrected chi connectivity index (χ0v) is 16.0. The number of piperazine rings is 1. The number of nitrogens with one attached hydrogen (secondary N) is 1. The van der Waals surface area contributed by atoms with Crippen LogP contribution in [0.2, 0.25) is 0 Å². The molecule has 1 aliphatic heterocycles. The fourth-order valence-electron chi connectivity index (χ4n) is 2.99. The molecule has 0 radical (unpaired) electrons. The molecule has 1 saturated heterocycles. The van der Waals surface area contributed by atoms with Crippen molar-refractivity contribution in [2.75, 3.05) is 31.1 Å². The molecule has 0 bridgehead atoms. The second-order valence-electron chi connectivity index (χ2n) is 6.32. The molecule has 29 heavy (non-hydrogen) atoms. The van der Waals surface area contributed by atoms with Crippen molar-refractivity contribution in [1.82, 2.24) is 10.2 Å². The van der Waals surface area contributed by atoms with Crippen molar-refractivity contribution in [2.45, 2.75) is 0 Å². The zero-order valence-electron chi connectivity index (χ0n) is 15.2. The summed E-state index contributed by atoms with van der Waals surface area (Å²) >= 11 is 5.28. The molecule has 0 atom stereocenters. The van der Waals surface area contributed by atoms with E-state index in [9.17, 15) is 25.0 Å². The summed E-state index contributed by atoms with van der Waals surface area (Å²) in [5.74, 6) is -0.729. The molecule has 150 valence electrons. The fraction of sp³-hybridized carbons (Fsp3) is 0.222. The number of non-ortho nitro benzene ring substituents is 2. The number of thiocarbonyl (C=S) groups is 1. The quantitative estimate of drug-likeness (QED) is 0.459. The number of anilines is 1. The van der Waals surface area contributed by atoms with E-state index in [2.05, 4.69) is 10.2 Å². The first-order valence-corrected chi connectivity index (χ1v) is 9.10. The van der Waals surface area contributed by atoms with Gasteiger partial charge in [0, 0.05) is 44.0 Å². The smallest absolute Gasteiger partial charge is 0.277 e. The third-order valence-electron chi connectivity index (χ3n) is 4.50. The molecule has 2 aromatic carbocycles. The summed E-state index contributed by atoms with van der Waals surface area (Å²) in [5, 5.41) is 24.6. The highest BCUT2D eigenvalue weighted by atomic mass is 32.1. The van der Waals surface area contributed by atoms with Crippen molar-refractivity contribution in [3.63, 3.8) is 0 Å². The van der Waals surface area contributed by atoms with Gasteiger partial charge < -0.3 is 9.80 Å². The van der Waals surface area contributed by atoms with Crippen LogP contribution in [-0.4, -0.2) is 51.9 Å². The number of carbonyl (C=O) groups excluding carboxylic acids is 1. The van der Waals surface area contributed by atoms with Gasteiger partial charge in [-0.2, -0.15) is 0 Å². The summed E-state index contributed by atoms with van der Waals surface area (Å²) in [6.07, 6.45) is 0. The molecule has 3 rings (SSSR count). The van der Waals surface area contributed by atoms with Gasteiger partial charge >= 0.3 is 0 Å². The second-order valence-corrected chi connectivity index (χ2v) is 6.71. The number of para-hydroxylation sites is 1. The first kappa shape index (κ1) is 20.1. The van der Waals surface area contributed by atoms with Gasteiger partial charge in [-0.3, -0.25) is 30.3 Å². The van der Waals surface area contributed by atoms with Crippen molar-refractivity contribution >= 4 is 40.3 Å². The van der Waals surface area contributed by atoms with E-state index in [4.69, 9.17) is 12.2 Å². The van der Waals surface area contributed by atoms with E-state index in [0.29, 0.717) is 26.2 Å². The van der Waals surface area contributed by atoms with E-state index in [0.717, 1.165) is 23.9 Å². The molecule has 0 saturated carbocycles. The summed E-state index contributed by atoms with van der Waals surface area (Å²) in [6.45, 7) is 2.59. The van der Waals surface area contributed by atoms with E-state index in [1.165, 1.54) is 0 Å². The molecule has 1 aliphatic rings. The van der Waals surface area contributed by atoms with Crippen LogP contribution in [0.15, 0.2) is 48.5 Å². The van der Waals surface area contributed by atoms with Crippen molar-refractivity contribution in [3.8, 4) is 0 Å². The van der Waals surface area contributed by atoms with E-state index in [1.807, 2.05) is 35.2 Å². The molecular formula is C18H17N5O5S. The summed E-state index contributed by atoms with van der Waals surface area (Å²) in [5.41, 5.74) is -0.166. The average Bonchev–Trinajstić information content (AvgIpc) is 2.74. The monoisotopic (exact) mass is 415 g/mol. The predicted molar refractivity (Wildman–Crippen MR) is 110 cm³/mol. The van der Waals surface area contributed by atoms with Crippen molar-refractivity contribution in [2.24, 2.45) is 0 Å². The van der Waals surface area contributed by atoms with Gasteiger partial charge in [0.05, 0.1) is 21.5 Å². The van der Waals surface area contributed by atoms with Crippen molar-refractivity contribution in [3.05, 3.63) is 74.3 Å². The van der Waals surface area contributed by atoms with Gasteiger partial charge in [0.2, 0.25) is 0 Å². The van der Waals surface area contributed by atoms with Crippen LogP contribution in [0.5, 0.6) is 0 Å². The lowest BCUT2D eigenvalue weighted by atomic mass is 10.1. The fourth-order valence-corrected chi connectivity index (χ4v) is 3.27. The minimum Gasteiger partial charge on any atom is -0.368 e. The van der Waals surface area contributed by atoms with Gasteiger partial charge in [-0.15, -0.1) is 0 Å². The molecule has 1 heterocycles. The Labute approximate surface area is 171 Å². The van der Waals surface area contributed by atoms with E-state index in [-0.39, 0.29) is 10.7 Å². The Balaban J connectivity index is 1.65. The van der Waals surface area contributed by atoms with Crippen molar-refractivity contribution in [1.29, 1.82) is 0 Å². The largest absolute Gasteiger partial charge is 0.368 e. The Morgan fingerprint density at radius 3 is 2.00 bits per heavy atom. The van der Waals surface area contributed by atoms with Crippen LogP contribution < -0.4 is 10.2 Å². The van der Waals surface area contributed by atoms with Crippen LogP contribution in [0.4, 0.5) is 17.1 Å². The van der Waals surface area contributed by atoms with Gasteiger partial charge in [-0.05, 0) is 24.4 Å². The van der Waals surface area contributed by atoms with E-state index >= 15 is 0 Å². The number of nitro benzene ring substituents is 2. The number of rotatable bonds is 4. The highest BCUT2D eigenvalue weighted by Gasteiger charge is 2.23. The Morgan fingerprint density at radius 1 is 0.931 bits per heavy atom. The first-order valence-electron chi connectivity index (χ1n) is 8.69. The number of benzene rings is 2. The summed E-state index contributed by atoms with van der Waals surface area (Å²) < 4.78 is 0. The van der Waals surface area contributed by atoms with Crippen LogP contribution in [0.3, 0.4) is 0 Å². The van der Waals surface area contributed by atoms with Gasteiger partial charge in [0.25, 0.3) is 17.3 Å².